The van der Waals surface area contributed by atoms with Crippen molar-refractivity contribution in [3.05, 3.63) is 130 Å². The van der Waals surface area contributed by atoms with Crippen LogP contribution in [0.25, 0.3) is 0 Å². The van der Waals surface area contributed by atoms with Crippen molar-refractivity contribution in [2.45, 2.75) is 57.1 Å². The number of amides is 2. The summed E-state index contributed by atoms with van der Waals surface area (Å²) in [6.07, 6.45) is 0.217. The first-order valence-electron chi connectivity index (χ1n) is 14.5. The van der Waals surface area contributed by atoms with Gasteiger partial charge in [0.2, 0.25) is 11.8 Å². The van der Waals surface area contributed by atoms with Gasteiger partial charge >= 0.3 is 0 Å². The number of nitrogens with zero attached hydrogens (tertiary/aromatic N) is 2. The summed E-state index contributed by atoms with van der Waals surface area (Å²) in [6.45, 7) is 6.93. The second kappa shape index (κ2) is 14.5. The molecule has 0 fully saturated rings. The lowest BCUT2D eigenvalue weighted by atomic mass is 10.0. The van der Waals surface area contributed by atoms with Gasteiger partial charge in [-0.05, 0) is 69.2 Å². The molecule has 7 nitrogen and oxygen atoms in total. The van der Waals surface area contributed by atoms with Gasteiger partial charge in [0, 0.05) is 28.5 Å². The summed E-state index contributed by atoms with van der Waals surface area (Å²) in [7, 11) is -4.27. The van der Waals surface area contributed by atoms with Crippen molar-refractivity contribution >= 4 is 50.7 Å². The van der Waals surface area contributed by atoms with E-state index in [0.717, 1.165) is 21.0 Å². The number of carbonyl (C=O) groups is 2. The van der Waals surface area contributed by atoms with E-state index in [1.807, 2.05) is 88.4 Å². The molecule has 45 heavy (non-hydrogen) atoms. The van der Waals surface area contributed by atoms with Crippen LogP contribution < -0.4 is 9.62 Å². The molecule has 0 aliphatic rings. The molecule has 2 amide bonds. The lowest BCUT2D eigenvalue weighted by molar-refractivity contribution is -0.140. The summed E-state index contributed by atoms with van der Waals surface area (Å²) in [6, 6.07) is 28.5. The number of nitrogens with one attached hydrogen (secondary N) is 1. The van der Waals surface area contributed by atoms with Gasteiger partial charge in [-0.3, -0.25) is 13.9 Å². The van der Waals surface area contributed by atoms with Crippen molar-refractivity contribution in [1.29, 1.82) is 0 Å². The zero-order chi connectivity index (χ0) is 32.8. The number of aryl methyl sites for hydroxylation is 1. The van der Waals surface area contributed by atoms with Crippen LogP contribution in [0.4, 0.5) is 5.69 Å². The van der Waals surface area contributed by atoms with E-state index < -0.39 is 34.1 Å². The highest BCUT2D eigenvalue weighted by atomic mass is 35.5. The van der Waals surface area contributed by atoms with E-state index in [-0.39, 0.29) is 39.5 Å². The molecule has 1 N–H and O–H groups in total. The topological polar surface area (TPSA) is 86.8 Å². The molecule has 236 valence electrons. The van der Waals surface area contributed by atoms with Crippen LogP contribution in [0.5, 0.6) is 0 Å². The van der Waals surface area contributed by atoms with E-state index in [4.69, 9.17) is 23.2 Å². The van der Waals surface area contributed by atoms with E-state index in [1.54, 1.807) is 12.1 Å². The Hall–Kier alpha value is -3.85. The van der Waals surface area contributed by atoms with Crippen molar-refractivity contribution in [2.75, 3.05) is 10.8 Å². The van der Waals surface area contributed by atoms with Crippen LogP contribution in [0.2, 0.25) is 10.0 Å². The van der Waals surface area contributed by atoms with Crippen LogP contribution in [0.1, 0.15) is 37.5 Å². The lowest BCUT2D eigenvalue weighted by Gasteiger charge is -2.35. The Labute approximate surface area is 275 Å². The molecule has 0 heterocycles. The largest absolute Gasteiger partial charge is 0.350 e. The van der Waals surface area contributed by atoms with Crippen molar-refractivity contribution in [3.8, 4) is 0 Å². The van der Waals surface area contributed by atoms with Gasteiger partial charge in [0.1, 0.15) is 12.6 Å². The number of carbonyl (C=O) groups excluding carboxylic acids is 2. The minimum atomic E-state index is -4.27. The molecule has 0 unspecified atom stereocenters. The number of hydrogen-bond acceptors (Lipinski definition) is 4. The van der Waals surface area contributed by atoms with Crippen LogP contribution in [0.15, 0.2) is 108 Å². The molecular formula is C35H37Cl2N3O4S. The second-order valence-electron chi connectivity index (χ2n) is 11.9. The van der Waals surface area contributed by atoms with Gasteiger partial charge < -0.3 is 10.2 Å². The van der Waals surface area contributed by atoms with E-state index in [2.05, 4.69) is 5.32 Å². The highest BCUT2D eigenvalue weighted by molar-refractivity contribution is 7.92. The molecule has 0 saturated carbocycles. The van der Waals surface area contributed by atoms with E-state index in [0.29, 0.717) is 0 Å². The molecule has 0 bridgehead atoms. The normalized spacial score (nSPS) is 12.3. The third kappa shape index (κ3) is 9.33. The molecule has 4 aromatic rings. The van der Waals surface area contributed by atoms with Gasteiger partial charge in [-0.15, -0.1) is 0 Å². The molecule has 0 spiro atoms. The Morgan fingerprint density at radius 2 is 1.33 bits per heavy atom. The molecule has 4 aromatic carbocycles. The molecular weight excluding hydrogens is 629 g/mol. The molecule has 0 aromatic heterocycles. The van der Waals surface area contributed by atoms with Gasteiger partial charge in [0.25, 0.3) is 10.0 Å². The minimum absolute atomic E-state index is 0.00193. The number of rotatable bonds is 11. The molecule has 0 saturated heterocycles. The van der Waals surface area contributed by atoms with Crippen molar-refractivity contribution in [2.24, 2.45) is 0 Å². The number of hydrogen-bond donors (Lipinski definition) is 1. The van der Waals surface area contributed by atoms with Gasteiger partial charge in [-0.2, -0.15) is 0 Å². The highest BCUT2D eigenvalue weighted by Gasteiger charge is 2.35. The third-order valence-electron chi connectivity index (χ3n) is 6.99. The summed E-state index contributed by atoms with van der Waals surface area (Å²) < 4.78 is 29.3. The average molecular weight is 667 g/mol. The fraction of sp³-hybridized carbons (Fsp3) is 0.257. The van der Waals surface area contributed by atoms with Crippen molar-refractivity contribution in [3.63, 3.8) is 0 Å². The predicted molar refractivity (Wildman–Crippen MR) is 181 cm³/mol. The minimum Gasteiger partial charge on any atom is -0.350 e. The first-order chi connectivity index (χ1) is 21.2. The molecule has 0 aliphatic heterocycles. The van der Waals surface area contributed by atoms with Gasteiger partial charge in [0.05, 0.1) is 10.6 Å². The van der Waals surface area contributed by atoms with Gasteiger partial charge in [-0.1, -0.05) is 102 Å². The van der Waals surface area contributed by atoms with E-state index in [9.17, 15) is 18.0 Å². The van der Waals surface area contributed by atoms with Crippen LogP contribution in [-0.2, 0) is 32.6 Å². The zero-order valence-corrected chi connectivity index (χ0v) is 28.0. The van der Waals surface area contributed by atoms with Crippen molar-refractivity contribution in [1.82, 2.24) is 10.2 Å². The summed E-state index contributed by atoms with van der Waals surface area (Å²) >= 11 is 12.6. The fourth-order valence-corrected chi connectivity index (χ4v) is 6.75. The Morgan fingerprint density at radius 1 is 0.800 bits per heavy atom. The summed E-state index contributed by atoms with van der Waals surface area (Å²) in [5, 5.41) is 3.44. The first kappa shape index (κ1) is 34.0. The first-order valence-corrected chi connectivity index (χ1v) is 16.7. The van der Waals surface area contributed by atoms with Crippen LogP contribution in [0, 0.1) is 6.92 Å². The fourth-order valence-electron chi connectivity index (χ4n) is 4.84. The summed E-state index contributed by atoms with van der Waals surface area (Å²) in [4.78, 5) is 29.9. The monoisotopic (exact) mass is 665 g/mol. The zero-order valence-electron chi connectivity index (χ0n) is 25.7. The second-order valence-corrected chi connectivity index (χ2v) is 14.6. The lowest BCUT2D eigenvalue weighted by Crippen LogP contribution is -2.56. The predicted octanol–water partition coefficient (Wildman–Crippen LogP) is 7.05. The van der Waals surface area contributed by atoms with E-state index >= 15 is 0 Å². The van der Waals surface area contributed by atoms with Crippen molar-refractivity contribution < 1.29 is 18.0 Å². The molecule has 0 radical (unpaired) electrons. The average Bonchev–Trinajstić information content (AvgIpc) is 2.97. The number of anilines is 1. The van der Waals surface area contributed by atoms with Crippen LogP contribution in [-0.4, -0.2) is 43.3 Å². The number of sulfonamides is 1. The summed E-state index contributed by atoms with van der Waals surface area (Å²) in [5.41, 5.74) is 2.06. The highest BCUT2D eigenvalue weighted by Crippen LogP contribution is 2.30. The third-order valence-corrected chi connectivity index (χ3v) is 9.21. The Kier molecular flexibility index (Phi) is 11.0. The Balaban J connectivity index is 1.83. The number of halogens is 2. The van der Waals surface area contributed by atoms with Crippen LogP contribution >= 0.6 is 23.2 Å². The van der Waals surface area contributed by atoms with Gasteiger partial charge in [0.15, 0.2) is 0 Å². The number of benzene rings is 4. The molecule has 0 aliphatic carbocycles. The maximum Gasteiger partial charge on any atom is 0.264 e. The quantitative estimate of drug-likeness (QED) is 0.186. The Morgan fingerprint density at radius 3 is 1.87 bits per heavy atom. The molecule has 4 rings (SSSR count). The maximum atomic E-state index is 14.5. The van der Waals surface area contributed by atoms with Crippen LogP contribution in [0.3, 0.4) is 0 Å². The van der Waals surface area contributed by atoms with E-state index in [1.165, 1.54) is 35.2 Å². The SMILES string of the molecule is Cc1ccc(S(=O)(=O)N(CC(=O)N(Cc2ccccc2)[C@@H](Cc2ccccc2)C(=O)NC(C)(C)C)c2cc(Cl)cc(Cl)c2)cc1. The maximum absolute atomic E-state index is 14.5. The standard InChI is InChI=1S/C35H37Cl2N3O4S/c1-25-15-17-31(18-16-25)45(43,44)40(30-21-28(36)20-29(37)22-30)24-33(41)39(23-27-13-9-6-10-14-27)32(34(42)38-35(2,3)4)19-26-11-7-5-8-12-26/h5-18,20-22,32H,19,23-24H2,1-4H3,(H,38,42)/t32-/m0/s1. The molecule has 1 atom stereocenters. The Bertz CT molecular complexity index is 1710. The summed E-state index contributed by atoms with van der Waals surface area (Å²) in [5.74, 6) is -0.926. The molecule has 10 heteroatoms. The van der Waals surface area contributed by atoms with Gasteiger partial charge in [-0.25, -0.2) is 8.42 Å². The smallest absolute Gasteiger partial charge is 0.264 e.